The Hall–Kier alpha value is -2.41. The smallest absolute Gasteiger partial charge is 0.319 e. The Kier molecular flexibility index (Phi) is 6.52. The summed E-state index contributed by atoms with van der Waals surface area (Å²) in [5, 5.41) is 18.8. The van der Waals surface area contributed by atoms with E-state index in [2.05, 4.69) is 20.8 Å². The van der Waals surface area contributed by atoms with Crippen LogP contribution in [0.2, 0.25) is 0 Å². The second-order valence-electron chi connectivity index (χ2n) is 6.71. The van der Waals surface area contributed by atoms with Crippen LogP contribution in [0.3, 0.4) is 0 Å². The van der Waals surface area contributed by atoms with Gasteiger partial charge in [-0.05, 0) is 43.5 Å². The van der Waals surface area contributed by atoms with E-state index in [1.165, 1.54) is 0 Å². The number of benzene rings is 1. The van der Waals surface area contributed by atoms with E-state index in [1.807, 2.05) is 32.9 Å². The second-order valence-corrected chi connectivity index (χ2v) is 6.71. The highest BCUT2D eigenvalue weighted by atomic mass is 16.5. The fraction of sp³-hybridized carbons (Fsp3) is 0.500. The Balaban J connectivity index is 1.88. The molecule has 1 aromatic carbocycles. The second kappa shape index (κ2) is 8.62. The normalized spacial score (nSPS) is 13.5. The highest BCUT2D eigenvalue weighted by molar-refractivity contribution is 5.89. The first-order valence-corrected chi connectivity index (χ1v) is 8.52. The summed E-state index contributed by atoms with van der Waals surface area (Å²) in [6.45, 7) is 8.24. The topological polar surface area (TPSA) is 100 Å². The van der Waals surface area contributed by atoms with E-state index in [-0.39, 0.29) is 24.0 Å². The predicted octanol–water partition coefficient (Wildman–Crippen LogP) is 3.39. The molecule has 2 unspecified atom stereocenters. The summed E-state index contributed by atoms with van der Waals surface area (Å²) in [5.74, 6) is 1.55. The molecule has 136 valence electrons. The Morgan fingerprint density at radius 1 is 1.20 bits per heavy atom. The average Bonchev–Trinajstić information content (AvgIpc) is 3.03. The highest BCUT2D eigenvalue weighted by Gasteiger charge is 2.12. The van der Waals surface area contributed by atoms with Crippen molar-refractivity contribution in [3.63, 3.8) is 0 Å². The number of carbonyl (C=O) groups is 1. The molecule has 2 rings (SSSR count). The molecule has 0 aliphatic heterocycles. The van der Waals surface area contributed by atoms with Crippen molar-refractivity contribution in [2.45, 2.75) is 46.1 Å². The number of aromatic nitrogens is 2. The van der Waals surface area contributed by atoms with E-state index < -0.39 is 0 Å². The van der Waals surface area contributed by atoms with Gasteiger partial charge in [0.1, 0.15) is 0 Å². The number of aliphatic hydroxyl groups is 1. The Morgan fingerprint density at radius 3 is 2.44 bits per heavy atom. The van der Waals surface area contributed by atoms with Crippen LogP contribution in [0.15, 0.2) is 28.8 Å². The summed E-state index contributed by atoms with van der Waals surface area (Å²) in [5.41, 5.74) is 1.48. The number of hydrogen-bond donors (Lipinski definition) is 3. The molecule has 0 bridgehead atoms. The summed E-state index contributed by atoms with van der Waals surface area (Å²) >= 11 is 0. The van der Waals surface area contributed by atoms with Crippen molar-refractivity contribution in [2.75, 3.05) is 11.9 Å². The SMILES string of the molecule is CC(O)CC(C)CNC(=O)Nc1ccc(-c2nc(C(C)C)no2)cc1. The van der Waals surface area contributed by atoms with E-state index in [0.29, 0.717) is 30.4 Å². The lowest BCUT2D eigenvalue weighted by Crippen LogP contribution is -2.33. The van der Waals surface area contributed by atoms with Crippen LogP contribution in [0.4, 0.5) is 10.5 Å². The van der Waals surface area contributed by atoms with Crippen LogP contribution in [0.25, 0.3) is 11.5 Å². The first-order valence-electron chi connectivity index (χ1n) is 8.52. The molecule has 0 spiro atoms. The predicted molar refractivity (Wildman–Crippen MR) is 96.3 cm³/mol. The lowest BCUT2D eigenvalue weighted by Gasteiger charge is -2.14. The molecule has 0 saturated heterocycles. The maximum absolute atomic E-state index is 11.9. The van der Waals surface area contributed by atoms with Gasteiger partial charge in [-0.2, -0.15) is 4.98 Å². The number of hydrogen-bond acceptors (Lipinski definition) is 5. The van der Waals surface area contributed by atoms with Crippen LogP contribution >= 0.6 is 0 Å². The maximum Gasteiger partial charge on any atom is 0.319 e. The first kappa shape index (κ1) is 18.9. The quantitative estimate of drug-likeness (QED) is 0.713. The molecular formula is C18H26N4O3. The lowest BCUT2D eigenvalue weighted by atomic mass is 10.1. The molecule has 2 amide bonds. The third-order valence-corrected chi connectivity index (χ3v) is 3.70. The van der Waals surface area contributed by atoms with Gasteiger partial charge in [-0.1, -0.05) is 25.9 Å². The molecule has 0 saturated carbocycles. The van der Waals surface area contributed by atoms with Gasteiger partial charge in [-0.3, -0.25) is 0 Å². The zero-order valence-corrected chi connectivity index (χ0v) is 15.1. The van der Waals surface area contributed by atoms with E-state index in [0.717, 1.165) is 5.56 Å². The monoisotopic (exact) mass is 346 g/mol. The van der Waals surface area contributed by atoms with Crippen LogP contribution in [-0.4, -0.2) is 33.9 Å². The number of amides is 2. The highest BCUT2D eigenvalue weighted by Crippen LogP contribution is 2.21. The van der Waals surface area contributed by atoms with Gasteiger partial charge in [0.25, 0.3) is 5.89 Å². The molecule has 7 nitrogen and oxygen atoms in total. The summed E-state index contributed by atoms with van der Waals surface area (Å²) in [7, 11) is 0. The summed E-state index contributed by atoms with van der Waals surface area (Å²) in [6, 6.07) is 6.94. The molecule has 0 fully saturated rings. The average molecular weight is 346 g/mol. The maximum atomic E-state index is 11.9. The Morgan fingerprint density at radius 2 is 1.88 bits per heavy atom. The van der Waals surface area contributed by atoms with Crippen molar-refractivity contribution < 1.29 is 14.4 Å². The van der Waals surface area contributed by atoms with E-state index in [9.17, 15) is 9.90 Å². The number of nitrogens with zero attached hydrogens (tertiary/aromatic N) is 2. The lowest BCUT2D eigenvalue weighted by molar-refractivity contribution is 0.163. The van der Waals surface area contributed by atoms with Crippen LogP contribution in [0.5, 0.6) is 0 Å². The number of urea groups is 1. The number of anilines is 1. The number of carbonyl (C=O) groups excluding carboxylic acids is 1. The fourth-order valence-corrected chi connectivity index (χ4v) is 2.39. The first-order chi connectivity index (χ1) is 11.8. The zero-order chi connectivity index (χ0) is 18.4. The number of aliphatic hydroxyl groups excluding tert-OH is 1. The molecule has 25 heavy (non-hydrogen) atoms. The van der Waals surface area contributed by atoms with E-state index in [4.69, 9.17) is 4.52 Å². The third-order valence-electron chi connectivity index (χ3n) is 3.70. The molecule has 7 heteroatoms. The fourth-order valence-electron chi connectivity index (χ4n) is 2.39. The molecular weight excluding hydrogens is 320 g/mol. The van der Waals surface area contributed by atoms with Gasteiger partial charge in [-0.25, -0.2) is 4.79 Å². The van der Waals surface area contributed by atoms with Gasteiger partial charge in [-0.15, -0.1) is 0 Å². The number of nitrogens with one attached hydrogen (secondary N) is 2. The minimum atomic E-state index is -0.367. The molecule has 1 heterocycles. The molecule has 0 aliphatic rings. The van der Waals surface area contributed by atoms with E-state index >= 15 is 0 Å². The Bertz CT molecular complexity index is 680. The van der Waals surface area contributed by atoms with Crippen LogP contribution in [0, 0.1) is 5.92 Å². The van der Waals surface area contributed by atoms with Gasteiger partial charge in [0, 0.05) is 23.7 Å². The van der Waals surface area contributed by atoms with Gasteiger partial charge in [0.05, 0.1) is 6.10 Å². The molecule has 2 atom stereocenters. The molecule has 0 radical (unpaired) electrons. The summed E-state index contributed by atoms with van der Waals surface area (Å²) in [4.78, 5) is 16.3. The van der Waals surface area contributed by atoms with Crippen molar-refractivity contribution in [3.8, 4) is 11.5 Å². The van der Waals surface area contributed by atoms with Crippen LogP contribution in [-0.2, 0) is 0 Å². The molecule has 3 N–H and O–H groups in total. The number of rotatable bonds is 7. The zero-order valence-electron chi connectivity index (χ0n) is 15.1. The van der Waals surface area contributed by atoms with Crippen LogP contribution in [0.1, 0.15) is 45.9 Å². The third kappa shape index (κ3) is 5.86. The van der Waals surface area contributed by atoms with Crippen molar-refractivity contribution in [2.24, 2.45) is 5.92 Å². The van der Waals surface area contributed by atoms with Gasteiger partial charge >= 0.3 is 6.03 Å². The molecule has 1 aromatic heterocycles. The van der Waals surface area contributed by atoms with Crippen molar-refractivity contribution in [1.82, 2.24) is 15.5 Å². The van der Waals surface area contributed by atoms with Gasteiger partial charge in [0.2, 0.25) is 0 Å². The Labute approximate surface area is 147 Å². The minimum Gasteiger partial charge on any atom is -0.393 e. The minimum absolute atomic E-state index is 0.207. The van der Waals surface area contributed by atoms with Crippen molar-refractivity contribution in [1.29, 1.82) is 0 Å². The van der Waals surface area contributed by atoms with Crippen LogP contribution < -0.4 is 10.6 Å². The van der Waals surface area contributed by atoms with Gasteiger partial charge in [0.15, 0.2) is 5.82 Å². The summed E-state index contributed by atoms with van der Waals surface area (Å²) < 4.78 is 5.25. The standard InChI is InChI=1S/C18H26N4O3/c1-11(2)16-21-17(25-22-16)14-5-7-15(8-6-14)20-18(24)19-10-12(3)9-13(4)23/h5-8,11-13,23H,9-10H2,1-4H3,(H2,19,20,24). The van der Waals surface area contributed by atoms with Crippen molar-refractivity contribution >= 4 is 11.7 Å². The summed E-state index contributed by atoms with van der Waals surface area (Å²) in [6.07, 6.45) is 0.283. The van der Waals surface area contributed by atoms with E-state index in [1.54, 1.807) is 19.1 Å². The van der Waals surface area contributed by atoms with Gasteiger partial charge < -0.3 is 20.3 Å². The molecule has 0 aliphatic carbocycles. The largest absolute Gasteiger partial charge is 0.393 e. The van der Waals surface area contributed by atoms with Crippen molar-refractivity contribution in [3.05, 3.63) is 30.1 Å². The molecule has 2 aromatic rings.